The van der Waals surface area contributed by atoms with Crippen LogP contribution in [0.4, 0.5) is 0 Å². The molecule has 0 aliphatic carbocycles. The molecule has 0 aromatic heterocycles. The molecule has 14 heteroatoms. The van der Waals surface area contributed by atoms with Crippen molar-refractivity contribution in [2.75, 3.05) is 19.8 Å². The van der Waals surface area contributed by atoms with E-state index in [9.17, 15) is 45.6 Å². The molecule has 0 aromatic rings. The van der Waals surface area contributed by atoms with Gasteiger partial charge in [0, 0.05) is 6.42 Å². The minimum atomic E-state index is -1.79. The predicted octanol–water partition coefficient (Wildman–Crippen LogP) is 13.3. The smallest absolute Gasteiger partial charge is 0.220 e. The maximum absolute atomic E-state index is 13.3. The number of carbonyl (C=O) groups excluding carboxylic acids is 1. The van der Waals surface area contributed by atoms with Gasteiger partial charge in [0.05, 0.1) is 32.0 Å². The number of hydrogen-bond acceptors (Lipinski definition) is 13. The average molecular weight is 1170 g/mol. The molecule has 2 rings (SSSR count). The zero-order chi connectivity index (χ0) is 59.5. The molecule has 2 saturated heterocycles. The molecule has 2 fully saturated rings. The lowest BCUT2D eigenvalue weighted by Crippen LogP contribution is -2.65. The zero-order valence-electron chi connectivity index (χ0n) is 52.2. The summed E-state index contributed by atoms with van der Waals surface area (Å²) < 4.78 is 22.8. The van der Waals surface area contributed by atoms with Gasteiger partial charge < -0.3 is 65.1 Å². The molecule has 482 valence electrons. The van der Waals surface area contributed by atoms with Crippen LogP contribution in [0.5, 0.6) is 0 Å². The molecule has 0 saturated carbocycles. The number of ether oxygens (including phenoxy) is 4. The molecule has 0 radical (unpaired) electrons. The number of aliphatic hydroxyl groups excluding tert-OH is 8. The Hall–Kier alpha value is -1.79. The molecule has 12 atom stereocenters. The van der Waals surface area contributed by atoms with Gasteiger partial charge in [0.2, 0.25) is 5.91 Å². The number of rotatable bonds is 56. The lowest BCUT2D eigenvalue weighted by atomic mass is 9.97. The van der Waals surface area contributed by atoms with E-state index in [-0.39, 0.29) is 18.9 Å². The number of aliphatic hydroxyl groups is 8. The highest BCUT2D eigenvalue weighted by molar-refractivity contribution is 5.76. The predicted molar refractivity (Wildman–Crippen MR) is 332 cm³/mol. The van der Waals surface area contributed by atoms with Crippen LogP contribution in [0.3, 0.4) is 0 Å². The summed E-state index contributed by atoms with van der Waals surface area (Å²) in [7, 11) is 0. The van der Waals surface area contributed by atoms with Crippen molar-refractivity contribution in [1.29, 1.82) is 0 Å². The van der Waals surface area contributed by atoms with Gasteiger partial charge in [-0.25, -0.2) is 0 Å². The fourth-order valence-corrected chi connectivity index (χ4v) is 11.3. The number of allylic oxidation sites excluding steroid dienone is 5. The molecule has 0 spiro atoms. The van der Waals surface area contributed by atoms with Crippen molar-refractivity contribution in [3.8, 4) is 0 Å². The number of carbonyl (C=O) groups is 1. The Kier molecular flexibility index (Phi) is 49.7. The lowest BCUT2D eigenvalue weighted by Gasteiger charge is -2.46. The molecule has 12 unspecified atom stereocenters. The Balaban J connectivity index is 1.64. The van der Waals surface area contributed by atoms with Crippen LogP contribution in [0.2, 0.25) is 0 Å². The molecule has 82 heavy (non-hydrogen) atoms. The third-order valence-corrected chi connectivity index (χ3v) is 16.8. The van der Waals surface area contributed by atoms with Crippen LogP contribution in [0.15, 0.2) is 36.5 Å². The first-order chi connectivity index (χ1) is 40.1. The van der Waals surface area contributed by atoms with E-state index < -0.39 is 86.8 Å². The highest BCUT2D eigenvalue weighted by Crippen LogP contribution is 2.30. The lowest BCUT2D eigenvalue weighted by molar-refractivity contribution is -0.359. The summed E-state index contributed by atoms with van der Waals surface area (Å²) in [5.41, 5.74) is 0. The standard InChI is InChI=1S/C68H127NO13/c1-3-5-7-9-11-13-15-17-19-20-21-22-23-24-25-26-27-28-29-30-31-32-33-34-35-36-38-39-41-43-45-47-49-51-57(72)56(69-60(73)52-50-48-46-44-42-40-37-18-16-14-12-10-8-6-4-2)55-79-67-65(78)63(76)66(59(54-71)81-67)82-68-64(77)62(75)61(74)58(53-70)80-68/h12,14,18,37,49,51,56-59,61-68,70-72,74-78H,3-11,13,15-17,19-36,38-48,50,52-55H2,1-2H3,(H,69,73)/b14-12-,37-18-,51-49+. The normalized spacial score (nSPS) is 24.1. The molecule has 1 amide bonds. The van der Waals surface area contributed by atoms with Crippen LogP contribution >= 0.6 is 0 Å². The Labute approximate surface area is 500 Å². The van der Waals surface area contributed by atoms with Crippen molar-refractivity contribution in [2.45, 2.75) is 370 Å². The van der Waals surface area contributed by atoms with E-state index in [1.54, 1.807) is 6.08 Å². The van der Waals surface area contributed by atoms with Crippen LogP contribution in [0, 0.1) is 0 Å². The third-order valence-electron chi connectivity index (χ3n) is 16.8. The molecular formula is C68H127NO13. The fraction of sp³-hybridized carbons (Fsp3) is 0.897. The van der Waals surface area contributed by atoms with Crippen molar-refractivity contribution >= 4 is 5.91 Å². The minimum absolute atomic E-state index is 0.251. The number of nitrogens with one attached hydrogen (secondary N) is 1. The summed E-state index contributed by atoms with van der Waals surface area (Å²) in [6.07, 6.45) is 50.7. The first-order valence-electron chi connectivity index (χ1n) is 34.2. The topological polar surface area (TPSA) is 228 Å². The van der Waals surface area contributed by atoms with Crippen LogP contribution in [-0.2, 0) is 23.7 Å². The van der Waals surface area contributed by atoms with E-state index in [4.69, 9.17) is 18.9 Å². The van der Waals surface area contributed by atoms with E-state index in [1.165, 1.54) is 205 Å². The molecule has 14 nitrogen and oxygen atoms in total. The van der Waals surface area contributed by atoms with Gasteiger partial charge in [0.25, 0.3) is 0 Å². The summed E-state index contributed by atoms with van der Waals surface area (Å²) in [4.78, 5) is 13.3. The number of amides is 1. The number of unbranched alkanes of at least 4 members (excludes halogenated alkanes) is 39. The average Bonchev–Trinajstić information content (AvgIpc) is 3.53. The molecule has 2 aliphatic heterocycles. The number of hydrogen-bond donors (Lipinski definition) is 9. The van der Waals surface area contributed by atoms with Gasteiger partial charge in [-0.1, -0.05) is 275 Å². The van der Waals surface area contributed by atoms with Crippen molar-refractivity contribution in [3.05, 3.63) is 36.5 Å². The second-order valence-corrected chi connectivity index (χ2v) is 24.3. The van der Waals surface area contributed by atoms with Crippen molar-refractivity contribution in [1.82, 2.24) is 5.32 Å². The van der Waals surface area contributed by atoms with Crippen LogP contribution in [0.1, 0.15) is 296 Å². The SMILES string of the molecule is CCCCC/C=C\C/C=C\CCCCCCCC(=O)NC(COC1OC(CO)C(OC2OC(CO)C(O)C(O)C2O)C(O)C1O)C(O)/C=C/CCCCCCCCCCCCCCCCCCCCCCCCCCCCCCCCC. The van der Waals surface area contributed by atoms with Crippen molar-refractivity contribution in [3.63, 3.8) is 0 Å². The molecule has 2 aliphatic rings. The van der Waals surface area contributed by atoms with E-state index in [0.717, 1.165) is 64.2 Å². The molecule has 2 heterocycles. The summed E-state index contributed by atoms with van der Waals surface area (Å²) in [6.45, 7) is 2.79. The summed E-state index contributed by atoms with van der Waals surface area (Å²) in [5.74, 6) is -0.251. The quantitative estimate of drug-likeness (QED) is 0.0204. The molecule has 0 aromatic carbocycles. The highest BCUT2D eigenvalue weighted by atomic mass is 16.7. The summed E-state index contributed by atoms with van der Waals surface area (Å²) >= 11 is 0. The third kappa shape index (κ3) is 37.7. The van der Waals surface area contributed by atoms with Crippen LogP contribution in [-0.4, -0.2) is 140 Å². The maximum atomic E-state index is 13.3. The van der Waals surface area contributed by atoms with Gasteiger partial charge in [-0.15, -0.1) is 0 Å². The van der Waals surface area contributed by atoms with Crippen molar-refractivity contribution < 1.29 is 64.6 Å². The Morgan fingerprint density at radius 1 is 0.439 bits per heavy atom. The molecule has 0 bridgehead atoms. The van der Waals surface area contributed by atoms with Crippen LogP contribution in [0.25, 0.3) is 0 Å². The van der Waals surface area contributed by atoms with E-state index in [0.29, 0.717) is 6.42 Å². The monoisotopic (exact) mass is 1170 g/mol. The van der Waals surface area contributed by atoms with E-state index >= 15 is 0 Å². The second-order valence-electron chi connectivity index (χ2n) is 24.3. The van der Waals surface area contributed by atoms with Crippen LogP contribution < -0.4 is 5.32 Å². The van der Waals surface area contributed by atoms with Gasteiger partial charge in [-0.05, 0) is 51.4 Å². The highest BCUT2D eigenvalue weighted by Gasteiger charge is 2.51. The van der Waals surface area contributed by atoms with Gasteiger partial charge in [0.15, 0.2) is 12.6 Å². The molecule has 9 N–H and O–H groups in total. The van der Waals surface area contributed by atoms with Gasteiger partial charge >= 0.3 is 0 Å². The maximum Gasteiger partial charge on any atom is 0.220 e. The second kappa shape index (κ2) is 53.4. The zero-order valence-corrected chi connectivity index (χ0v) is 52.2. The van der Waals surface area contributed by atoms with Gasteiger partial charge in [0.1, 0.15) is 48.8 Å². The summed E-state index contributed by atoms with van der Waals surface area (Å²) in [5, 5.41) is 87.2. The fourth-order valence-electron chi connectivity index (χ4n) is 11.3. The van der Waals surface area contributed by atoms with Crippen molar-refractivity contribution in [2.24, 2.45) is 0 Å². The van der Waals surface area contributed by atoms with Gasteiger partial charge in [-0.2, -0.15) is 0 Å². The summed E-state index contributed by atoms with van der Waals surface area (Å²) in [6, 6.07) is -0.923. The Morgan fingerprint density at radius 3 is 1.24 bits per heavy atom. The first-order valence-corrected chi connectivity index (χ1v) is 34.2. The largest absolute Gasteiger partial charge is 0.394 e. The minimum Gasteiger partial charge on any atom is -0.394 e. The molecular weight excluding hydrogens is 1040 g/mol. The van der Waals surface area contributed by atoms with Gasteiger partial charge in [-0.3, -0.25) is 4.79 Å². The first kappa shape index (κ1) is 76.3. The van der Waals surface area contributed by atoms with E-state index in [1.807, 2.05) is 6.08 Å². The van der Waals surface area contributed by atoms with E-state index in [2.05, 4.69) is 43.5 Å². The Bertz CT molecular complexity index is 1510. The Morgan fingerprint density at radius 2 is 0.805 bits per heavy atom.